The minimum Gasteiger partial charge on any atom is -0.456 e. The SMILES string of the molecule is O=COC1C=Cc2ccccc2C1OC=O. The number of carbonyl (C=O) groups excluding carboxylic acids is 2. The van der Waals surface area contributed by atoms with Crippen molar-refractivity contribution < 1.29 is 19.1 Å². The number of ether oxygens (including phenoxy) is 2. The van der Waals surface area contributed by atoms with E-state index in [0.29, 0.717) is 12.9 Å². The van der Waals surface area contributed by atoms with Crippen molar-refractivity contribution in [2.24, 2.45) is 0 Å². The number of benzene rings is 1. The zero-order chi connectivity index (χ0) is 11.4. The minimum atomic E-state index is -0.566. The van der Waals surface area contributed by atoms with E-state index in [-0.39, 0.29) is 0 Å². The molecule has 0 aliphatic heterocycles. The first kappa shape index (κ1) is 10.4. The highest BCUT2D eigenvalue weighted by atomic mass is 16.6. The van der Waals surface area contributed by atoms with E-state index in [9.17, 15) is 9.59 Å². The van der Waals surface area contributed by atoms with E-state index in [1.165, 1.54) is 0 Å². The topological polar surface area (TPSA) is 52.6 Å². The Balaban J connectivity index is 2.36. The summed E-state index contributed by atoms with van der Waals surface area (Å²) >= 11 is 0. The number of hydrogen-bond donors (Lipinski definition) is 0. The normalized spacial score (nSPS) is 22.0. The predicted molar refractivity (Wildman–Crippen MR) is 56.3 cm³/mol. The van der Waals surface area contributed by atoms with Gasteiger partial charge in [-0.3, -0.25) is 9.59 Å². The molecule has 2 rings (SSSR count). The van der Waals surface area contributed by atoms with Crippen LogP contribution in [0.5, 0.6) is 0 Å². The molecule has 2 unspecified atom stereocenters. The maximum atomic E-state index is 10.4. The second-order valence-corrected chi connectivity index (χ2v) is 3.34. The zero-order valence-electron chi connectivity index (χ0n) is 8.41. The Bertz CT molecular complexity index is 425. The molecule has 0 saturated carbocycles. The molecule has 0 N–H and O–H groups in total. The molecule has 16 heavy (non-hydrogen) atoms. The summed E-state index contributed by atoms with van der Waals surface area (Å²) in [4.78, 5) is 20.8. The molecule has 0 fully saturated rings. The molecular weight excluding hydrogens is 208 g/mol. The summed E-state index contributed by atoms with van der Waals surface area (Å²) in [5.74, 6) is 0. The molecule has 1 aromatic rings. The van der Waals surface area contributed by atoms with Crippen molar-refractivity contribution in [3.63, 3.8) is 0 Å². The van der Waals surface area contributed by atoms with Crippen molar-refractivity contribution in [2.75, 3.05) is 0 Å². The number of hydrogen-bond acceptors (Lipinski definition) is 4. The van der Waals surface area contributed by atoms with E-state index in [4.69, 9.17) is 9.47 Å². The fraction of sp³-hybridized carbons (Fsp3) is 0.167. The van der Waals surface area contributed by atoms with Gasteiger partial charge in [-0.25, -0.2) is 0 Å². The van der Waals surface area contributed by atoms with Crippen LogP contribution < -0.4 is 0 Å². The summed E-state index contributed by atoms with van der Waals surface area (Å²) in [5.41, 5.74) is 1.80. The molecule has 4 nitrogen and oxygen atoms in total. The first-order valence-corrected chi connectivity index (χ1v) is 4.82. The second-order valence-electron chi connectivity index (χ2n) is 3.34. The lowest BCUT2D eigenvalue weighted by Crippen LogP contribution is -2.25. The van der Waals surface area contributed by atoms with Crippen LogP contribution in [0.15, 0.2) is 30.3 Å². The molecule has 4 heteroatoms. The van der Waals surface area contributed by atoms with Crippen molar-refractivity contribution in [2.45, 2.75) is 12.2 Å². The van der Waals surface area contributed by atoms with Crippen LogP contribution in [0, 0.1) is 0 Å². The van der Waals surface area contributed by atoms with Crippen LogP contribution in [0.2, 0.25) is 0 Å². The summed E-state index contributed by atoms with van der Waals surface area (Å²) in [7, 11) is 0. The summed E-state index contributed by atoms with van der Waals surface area (Å²) < 4.78 is 9.81. The van der Waals surface area contributed by atoms with Crippen LogP contribution in [-0.2, 0) is 19.1 Å². The third-order valence-electron chi connectivity index (χ3n) is 2.48. The first-order valence-electron chi connectivity index (χ1n) is 4.82. The van der Waals surface area contributed by atoms with Gasteiger partial charge in [0.2, 0.25) is 0 Å². The summed E-state index contributed by atoms with van der Waals surface area (Å²) in [5, 5.41) is 0. The maximum Gasteiger partial charge on any atom is 0.293 e. The van der Waals surface area contributed by atoms with Gasteiger partial charge in [0.1, 0.15) is 0 Å². The van der Waals surface area contributed by atoms with Crippen LogP contribution >= 0.6 is 0 Å². The smallest absolute Gasteiger partial charge is 0.293 e. The lowest BCUT2D eigenvalue weighted by atomic mass is 9.93. The third kappa shape index (κ3) is 1.82. The third-order valence-corrected chi connectivity index (χ3v) is 2.48. The lowest BCUT2D eigenvalue weighted by molar-refractivity contribution is -0.148. The van der Waals surface area contributed by atoms with Gasteiger partial charge in [0.25, 0.3) is 12.9 Å². The van der Waals surface area contributed by atoms with E-state index >= 15 is 0 Å². The van der Waals surface area contributed by atoms with Gasteiger partial charge in [-0.1, -0.05) is 30.3 Å². The van der Waals surface area contributed by atoms with Gasteiger partial charge in [0.15, 0.2) is 12.2 Å². The molecule has 82 valence electrons. The van der Waals surface area contributed by atoms with Crippen molar-refractivity contribution in [1.29, 1.82) is 0 Å². The van der Waals surface area contributed by atoms with E-state index in [1.54, 1.807) is 6.08 Å². The van der Waals surface area contributed by atoms with Crippen LogP contribution in [0.1, 0.15) is 17.2 Å². The predicted octanol–water partition coefficient (Wildman–Crippen LogP) is 1.47. The quantitative estimate of drug-likeness (QED) is 0.718. The molecule has 2 atom stereocenters. The molecule has 0 radical (unpaired) electrons. The average Bonchev–Trinajstić information content (AvgIpc) is 2.32. The molecular formula is C12H10O4. The van der Waals surface area contributed by atoms with Crippen molar-refractivity contribution in [3.8, 4) is 0 Å². The molecule has 0 saturated heterocycles. The number of fused-ring (bicyclic) bond motifs is 1. The van der Waals surface area contributed by atoms with Crippen LogP contribution in [0.25, 0.3) is 6.08 Å². The van der Waals surface area contributed by atoms with Gasteiger partial charge < -0.3 is 9.47 Å². The van der Waals surface area contributed by atoms with Gasteiger partial charge in [-0.15, -0.1) is 0 Å². The zero-order valence-corrected chi connectivity index (χ0v) is 8.41. The van der Waals surface area contributed by atoms with E-state index < -0.39 is 12.2 Å². The van der Waals surface area contributed by atoms with E-state index in [1.807, 2.05) is 30.3 Å². The highest BCUT2D eigenvalue weighted by molar-refractivity contribution is 5.59. The molecule has 1 aliphatic rings. The maximum absolute atomic E-state index is 10.4. The van der Waals surface area contributed by atoms with Gasteiger partial charge in [0.05, 0.1) is 0 Å². The number of carbonyl (C=O) groups is 2. The monoisotopic (exact) mass is 218 g/mol. The molecule has 0 aromatic heterocycles. The summed E-state index contributed by atoms with van der Waals surface area (Å²) in [6.07, 6.45) is 2.42. The molecule has 1 aliphatic carbocycles. The highest BCUT2D eigenvalue weighted by Gasteiger charge is 2.28. The second kappa shape index (κ2) is 4.61. The van der Waals surface area contributed by atoms with E-state index in [2.05, 4.69) is 0 Å². The Morgan fingerprint density at radius 1 is 1.06 bits per heavy atom. The average molecular weight is 218 g/mol. The fourth-order valence-electron chi connectivity index (χ4n) is 1.79. The Hall–Kier alpha value is -2.10. The Morgan fingerprint density at radius 2 is 1.81 bits per heavy atom. The molecule has 0 spiro atoms. The lowest BCUT2D eigenvalue weighted by Gasteiger charge is -2.26. The molecule has 0 amide bonds. The molecule has 0 bridgehead atoms. The molecule has 0 heterocycles. The van der Waals surface area contributed by atoms with Gasteiger partial charge in [-0.05, 0) is 11.6 Å². The van der Waals surface area contributed by atoms with Crippen LogP contribution in [-0.4, -0.2) is 19.0 Å². The Labute approximate surface area is 92.5 Å². The Morgan fingerprint density at radius 3 is 2.56 bits per heavy atom. The highest BCUT2D eigenvalue weighted by Crippen LogP contribution is 2.31. The van der Waals surface area contributed by atoms with Crippen molar-refractivity contribution >= 4 is 19.0 Å². The van der Waals surface area contributed by atoms with Gasteiger partial charge >= 0.3 is 0 Å². The fourth-order valence-corrected chi connectivity index (χ4v) is 1.79. The number of rotatable bonds is 4. The van der Waals surface area contributed by atoms with E-state index in [0.717, 1.165) is 11.1 Å². The standard InChI is InChI=1S/C12H10O4/c13-7-15-11-6-5-9-3-1-2-4-10(9)12(11)16-8-14/h1-8,11-12H. The van der Waals surface area contributed by atoms with Gasteiger partial charge in [-0.2, -0.15) is 0 Å². The van der Waals surface area contributed by atoms with Crippen LogP contribution in [0.3, 0.4) is 0 Å². The largest absolute Gasteiger partial charge is 0.456 e. The van der Waals surface area contributed by atoms with Gasteiger partial charge in [0, 0.05) is 5.56 Å². The van der Waals surface area contributed by atoms with Crippen LogP contribution in [0.4, 0.5) is 0 Å². The first-order chi connectivity index (χ1) is 7.86. The Kier molecular flexibility index (Phi) is 3.00. The van der Waals surface area contributed by atoms with Crippen molar-refractivity contribution in [3.05, 3.63) is 41.5 Å². The van der Waals surface area contributed by atoms with Crippen molar-refractivity contribution in [1.82, 2.24) is 0 Å². The molecule has 1 aromatic carbocycles. The summed E-state index contributed by atoms with van der Waals surface area (Å²) in [6.45, 7) is 0.714. The summed E-state index contributed by atoms with van der Waals surface area (Å²) in [6, 6.07) is 7.48. The minimum absolute atomic E-state index is 0.351.